The van der Waals surface area contributed by atoms with Crippen molar-refractivity contribution in [3.8, 4) is 0 Å². The highest BCUT2D eigenvalue weighted by molar-refractivity contribution is 6.05. The second-order valence-electron chi connectivity index (χ2n) is 4.93. The average Bonchev–Trinajstić information content (AvgIpc) is 2.74. The number of aromatic nitrogens is 2. The predicted molar refractivity (Wildman–Crippen MR) is 53.5 cm³/mol. The molecule has 0 N–H and O–H groups in total. The van der Waals surface area contributed by atoms with E-state index in [-0.39, 0.29) is 41.1 Å². The van der Waals surface area contributed by atoms with Crippen LogP contribution in [-0.4, -0.2) is 40.9 Å². The summed E-state index contributed by atoms with van der Waals surface area (Å²) >= 11 is 0. The molecule has 18 heavy (non-hydrogen) atoms. The first kappa shape index (κ1) is 10.3. The number of Topliss-reactive ketones (excluding diaryl/α,β-unsaturated/α-hetero) is 2. The van der Waals surface area contributed by atoms with Gasteiger partial charge in [0.15, 0.2) is 17.3 Å². The van der Waals surface area contributed by atoms with Gasteiger partial charge in [-0.25, -0.2) is 4.63 Å². The van der Waals surface area contributed by atoms with E-state index in [2.05, 4.69) is 14.9 Å². The van der Waals surface area contributed by atoms with Crippen LogP contribution >= 0.6 is 0 Å². The summed E-state index contributed by atoms with van der Waals surface area (Å²) in [6.07, 6.45) is -0.919. The molecule has 1 aliphatic carbocycles. The van der Waals surface area contributed by atoms with E-state index in [4.69, 9.17) is 9.47 Å². The zero-order valence-corrected chi connectivity index (χ0v) is 9.53. The Kier molecular flexibility index (Phi) is 1.86. The molecular weight excluding hydrogens is 240 g/mol. The van der Waals surface area contributed by atoms with Gasteiger partial charge in [-0.2, -0.15) is 0 Å². The minimum atomic E-state index is -0.773. The Hall–Kier alpha value is -1.60. The lowest BCUT2D eigenvalue weighted by Crippen LogP contribution is -2.30. The molecule has 1 aromatic rings. The van der Waals surface area contributed by atoms with Crippen LogP contribution in [0.4, 0.5) is 0 Å². The van der Waals surface area contributed by atoms with E-state index < -0.39 is 6.29 Å². The summed E-state index contributed by atoms with van der Waals surface area (Å²) in [7, 11) is 0. The van der Waals surface area contributed by atoms with Crippen molar-refractivity contribution < 1.29 is 23.7 Å². The number of aryl methyl sites for hydroxylation is 1. The van der Waals surface area contributed by atoms with E-state index in [1.54, 1.807) is 6.92 Å². The number of rotatable bonds is 2. The molecule has 3 aliphatic rings. The smallest absolute Gasteiger partial charge is 0.218 e. The summed E-state index contributed by atoms with van der Waals surface area (Å²) in [4.78, 5) is 24.2. The first-order valence-corrected chi connectivity index (χ1v) is 5.82. The van der Waals surface area contributed by atoms with Crippen LogP contribution in [0, 0.1) is 24.7 Å². The van der Waals surface area contributed by atoms with Gasteiger partial charge in [0.25, 0.3) is 0 Å². The fourth-order valence-corrected chi connectivity index (χ4v) is 3.04. The molecule has 7 heteroatoms. The maximum atomic E-state index is 12.3. The third kappa shape index (κ3) is 1.15. The van der Waals surface area contributed by atoms with Crippen molar-refractivity contribution in [2.24, 2.45) is 17.8 Å². The fraction of sp³-hybridized carbons (Fsp3) is 0.636. The number of carbonyl (C=O) groups excluding carboxylic acids is 2. The molecule has 2 saturated heterocycles. The van der Waals surface area contributed by atoms with Gasteiger partial charge in [0.2, 0.25) is 6.29 Å². The molecule has 0 radical (unpaired) electrons. The lowest BCUT2D eigenvalue weighted by molar-refractivity contribution is -0.153. The highest BCUT2D eigenvalue weighted by atomic mass is 16.7. The number of carbonyl (C=O) groups is 2. The van der Waals surface area contributed by atoms with Crippen molar-refractivity contribution in [3.05, 3.63) is 11.4 Å². The van der Waals surface area contributed by atoms with Gasteiger partial charge in [0.1, 0.15) is 5.69 Å². The van der Waals surface area contributed by atoms with E-state index >= 15 is 0 Å². The molecule has 0 aromatic carbocycles. The van der Waals surface area contributed by atoms with E-state index in [9.17, 15) is 9.59 Å². The Morgan fingerprint density at radius 3 is 2.94 bits per heavy atom. The number of hydrogen-bond acceptors (Lipinski definition) is 7. The molecule has 4 rings (SSSR count). The van der Waals surface area contributed by atoms with Gasteiger partial charge in [-0.3, -0.25) is 9.59 Å². The largest absolute Gasteiger partial charge is 0.343 e. The predicted octanol–water partition coefficient (Wildman–Crippen LogP) is -0.253. The molecule has 1 saturated carbocycles. The van der Waals surface area contributed by atoms with Gasteiger partial charge in [0.05, 0.1) is 12.7 Å². The van der Waals surface area contributed by atoms with Gasteiger partial charge in [0, 0.05) is 17.8 Å². The second-order valence-corrected chi connectivity index (χ2v) is 4.93. The Balaban J connectivity index is 1.64. The molecule has 94 valence electrons. The van der Waals surface area contributed by atoms with Crippen LogP contribution in [0.3, 0.4) is 0 Å². The third-order valence-corrected chi connectivity index (χ3v) is 3.96. The van der Waals surface area contributed by atoms with Crippen LogP contribution in [0.1, 0.15) is 16.2 Å². The van der Waals surface area contributed by atoms with Gasteiger partial charge in [-0.15, -0.1) is 0 Å². The zero-order chi connectivity index (χ0) is 12.4. The maximum Gasteiger partial charge on any atom is 0.218 e. The molecular formula is C11H10N2O5. The highest BCUT2D eigenvalue weighted by Crippen LogP contribution is 2.57. The number of ether oxygens (including phenoxy) is 2. The molecule has 3 fully saturated rings. The van der Waals surface area contributed by atoms with E-state index in [1.165, 1.54) is 0 Å². The Bertz CT molecular complexity index is 553. The van der Waals surface area contributed by atoms with Crippen LogP contribution in [0.2, 0.25) is 0 Å². The van der Waals surface area contributed by atoms with Gasteiger partial charge < -0.3 is 9.47 Å². The molecule has 2 bridgehead atoms. The Morgan fingerprint density at radius 1 is 1.39 bits per heavy atom. The quantitative estimate of drug-likeness (QED) is 0.668. The first-order valence-electron chi connectivity index (χ1n) is 5.82. The normalized spacial score (nSPS) is 40.7. The molecule has 5 atom stereocenters. The molecule has 0 amide bonds. The topological polar surface area (TPSA) is 91.5 Å². The Morgan fingerprint density at radius 2 is 2.22 bits per heavy atom. The van der Waals surface area contributed by atoms with E-state index in [1.807, 2.05) is 0 Å². The molecule has 7 nitrogen and oxygen atoms in total. The first-order chi connectivity index (χ1) is 8.68. The van der Waals surface area contributed by atoms with Crippen molar-refractivity contribution >= 4 is 11.6 Å². The van der Waals surface area contributed by atoms with Crippen molar-refractivity contribution in [1.29, 1.82) is 0 Å². The van der Waals surface area contributed by atoms with Gasteiger partial charge >= 0.3 is 0 Å². The van der Waals surface area contributed by atoms with Crippen LogP contribution in [0.15, 0.2) is 4.63 Å². The highest BCUT2D eigenvalue weighted by Gasteiger charge is 2.69. The molecule has 3 unspecified atom stereocenters. The maximum absolute atomic E-state index is 12.3. The number of fused-ring (bicyclic) bond motifs is 4. The summed E-state index contributed by atoms with van der Waals surface area (Å²) in [6, 6.07) is 0. The lowest BCUT2D eigenvalue weighted by Gasteiger charge is -2.14. The summed E-state index contributed by atoms with van der Waals surface area (Å²) in [6.45, 7) is 2.04. The zero-order valence-electron chi connectivity index (χ0n) is 9.53. The summed E-state index contributed by atoms with van der Waals surface area (Å²) in [5.74, 6) is -0.990. The van der Waals surface area contributed by atoms with Gasteiger partial charge in [-0.1, -0.05) is 5.16 Å². The minimum absolute atomic E-state index is 0.0696. The van der Waals surface area contributed by atoms with Crippen molar-refractivity contribution in [3.63, 3.8) is 0 Å². The molecule has 1 aromatic heterocycles. The minimum Gasteiger partial charge on any atom is -0.343 e. The standard InChI is InChI=1S/C11H10N2O5/c1-3-8(13-18-12-3)9(14)6-5-4-2-16-11(17-4)10(15)7(5)6/h4-7,11H,2H2,1H3/t4?,5-,6?,7?,11+/m0/s1. The van der Waals surface area contributed by atoms with E-state index in [0.29, 0.717) is 12.3 Å². The van der Waals surface area contributed by atoms with Crippen LogP contribution in [0.5, 0.6) is 0 Å². The average molecular weight is 250 g/mol. The number of nitrogens with zero attached hydrogens (tertiary/aromatic N) is 2. The molecule has 0 spiro atoms. The van der Waals surface area contributed by atoms with Crippen LogP contribution in [0.25, 0.3) is 0 Å². The Labute approximate surface area is 101 Å². The van der Waals surface area contributed by atoms with Crippen molar-refractivity contribution in [2.75, 3.05) is 6.61 Å². The summed E-state index contributed by atoms with van der Waals surface area (Å²) < 4.78 is 15.1. The molecule has 3 heterocycles. The lowest BCUT2D eigenvalue weighted by atomic mass is 10.1. The van der Waals surface area contributed by atoms with Crippen LogP contribution < -0.4 is 0 Å². The van der Waals surface area contributed by atoms with Crippen LogP contribution in [-0.2, 0) is 14.3 Å². The molecule has 2 aliphatic heterocycles. The second kappa shape index (κ2) is 3.24. The van der Waals surface area contributed by atoms with Crippen molar-refractivity contribution in [2.45, 2.75) is 19.3 Å². The number of ketones is 2. The summed E-state index contributed by atoms with van der Waals surface area (Å²) in [5, 5.41) is 7.19. The van der Waals surface area contributed by atoms with Gasteiger partial charge in [-0.05, 0) is 12.1 Å². The van der Waals surface area contributed by atoms with Crippen molar-refractivity contribution in [1.82, 2.24) is 10.3 Å². The van der Waals surface area contributed by atoms with E-state index in [0.717, 1.165) is 0 Å². The fourth-order valence-electron chi connectivity index (χ4n) is 3.04. The summed E-state index contributed by atoms with van der Waals surface area (Å²) in [5.41, 5.74) is 0.678. The third-order valence-electron chi connectivity index (χ3n) is 3.96. The number of hydrogen-bond donors (Lipinski definition) is 0. The monoisotopic (exact) mass is 250 g/mol. The SMILES string of the molecule is Cc1nonc1C(=O)C1C2C(=O)[C@@H]3OCC(O3)[C@@H]12.